The van der Waals surface area contributed by atoms with Crippen LogP contribution >= 0.6 is 11.3 Å². The first kappa shape index (κ1) is 20.6. The highest BCUT2D eigenvalue weighted by Crippen LogP contribution is 2.23. The number of nitrogens with zero attached hydrogens (tertiary/aromatic N) is 3. The van der Waals surface area contributed by atoms with Crippen LogP contribution in [0.4, 0.5) is 0 Å². The second-order valence-corrected chi connectivity index (χ2v) is 7.93. The zero-order valence-corrected chi connectivity index (χ0v) is 17.6. The number of hydrogen-bond donors (Lipinski definition) is 2. The molecule has 8 heteroatoms. The first-order valence-electron chi connectivity index (χ1n) is 9.51. The highest BCUT2D eigenvalue weighted by molar-refractivity contribution is 7.11. The van der Waals surface area contributed by atoms with E-state index in [9.17, 15) is 0 Å². The average Bonchev–Trinajstić information content (AvgIpc) is 3.16. The molecule has 0 aliphatic carbocycles. The summed E-state index contributed by atoms with van der Waals surface area (Å²) in [6, 6.07) is 8.53. The molecule has 1 unspecified atom stereocenters. The average molecular weight is 404 g/mol. The van der Waals surface area contributed by atoms with E-state index in [0.717, 1.165) is 49.6 Å². The third-order valence-electron chi connectivity index (χ3n) is 4.75. The number of rotatable bonds is 7. The van der Waals surface area contributed by atoms with Gasteiger partial charge in [0.2, 0.25) is 0 Å². The SMILES string of the molecule is CN=C(NCc1ncc(C)s1)NCC(c1ccc(OC)cc1)N1CCOCC1. The molecule has 1 saturated heterocycles. The van der Waals surface area contributed by atoms with Crippen LogP contribution in [0.5, 0.6) is 5.75 Å². The summed E-state index contributed by atoms with van der Waals surface area (Å²) < 4.78 is 10.8. The summed E-state index contributed by atoms with van der Waals surface area (Å²) in [5, 5.41) is 7.88. The van der Waals surface area contributed by atoms with Gasteiger partial charge in [-0.05, 0) is 24.6 Å². The number of nitrogens with one attached hydrogen (secondary N) is 2. The number of hydrogen-bond acceptors (Lipinski definition) is 6. The Morgan fingerprint density at radius 2 is 2.04 bits per heavy atom. The third kappa shape index (κ3) is 5.67. The van der Waals surface area contributed by atoms with Gasteiger partial charge >= 0.3 is 0 Å². The molecule has 0 amide bonds. The zero-order valence-electron chi connectivity index (χ0n) is 16.8. The number of methoxy groups -OCH3 is 1. The first-order chi connectivity index (χ1) is 13.7. The molecule has 0 spiro atoms. The van der Waals surface area contributed by atoms with Gasteiger partial charge in [-0.1, -0.05) is 12.1 Å². The maximum atomic E-state index is 5.53. The summed E-state index contributed by atoms with van der Waals surface area (Å²) in [5.41, 5.74) is 1.25. The number of aromatic nitrogens is 1. The molecule has 3 rings (SSSR count). The van der Waals surface area contributed by atoms with Crippen molar-refractivity contribution in [2.45, 2.75) is 19.5 Å². The Morgan fingerprint density at radius 1 is 1.29 bits per heavy atom. The maximum absolute atomic E-state index is 5.53. The smallest absolute Gasteiger partial charge is 0.191 e. The largest absolute Gasteiger partial charge is 0.497 e. The fourth-order valence-electron chi connectivity index (χ4n) is 3.23. The second kappa shape index (κ2) is 10.4. The van der Waals surface area contributed by atoms with E-state index in [2.05, 4.69) is 44.6 Å². The Labute approximate surface area is 170 Å². The van der Waals surface area contributed by atoms with Crippen molar-refractivity contribution < 1.29 is 9.47 Å². The standard InChI is InChI=1S/C20H29N5O2S/c1-15-12-22-19(28-15)14-24-20(21-2)23-13-18(25-8-10-27-11-9-25)16-4-6-17(26-3)7-5-16/h4-7,12,18H,8-11,13-14H2,1-3H3,(H2,21,23,24). The molecule has 0 radical (unpaired) electrons. The molecule has 1 fully saturated rings. The van der Waals surface area contributed by atoms with Gasteiger partial charge in [-0.25, -0.2) is 4.98 Å². The predicted molar refractivity (Wildman–Crippen MR) is 113 cm³/mol. The van der Waals surface area contributed by atoms with Crippen LogP contribution in [0.15, 0.2) is 35.5 Å². The summed E-state index contributed by atoms with van der Waals surface area (Å²) in [4.78, 5) is 12.4. The lowest BCUT2D eigenvalue weighted by molar-refractivity contribution is 0.0170. The number of aryl methyl sites for hydroxylation is 1. The molecule has 2 aromatic rings. The van der Waals surface area contributed by atoms with Crippen LogP contribution in [0.3, 0.4) is 0 Å². The molecular formula is C20H29N5O2S. The minimum Gasteiger partial charge on any atom is -0.497 e. The van der Waals surface area contributed by atoms with Crippen LogP contribution in [-0.2, 0) is 11.3 Å². The second-order valence-electron chi connectivity index (χ2n) is 6.61. The highest BCUT2D eigenvalue weighted by Gasteiger charge is 2.23. The zero-order chi connectivity index (χ0) is 19.8. The van der Waals surface area contributed by atoms with E-state index >= 15 is 0 Å². The van der Waals surface area contributed by atoms with Crippen LogP contribution in [0, 0.1) is 6.92 Å². The Hall–Kier alpha value is -2.16. The van der Waals surface area contributed by atoms with Crippen molar-refractivity contribution in [1.82, 2.24) is 20.5 Å². The van der Waals surface area contributed by atoms with Gasteiger partial charge in [-0.3, -0.25) is 9.89 Å². The number of aliphatic imine (C=N–C) groups is 1. The lowest BCUT2D eigenvalue weighted by atomic mass is 10.0. The lowest BCUT2D eigenvalue weighted by Gasteiger charge is -2.35. The van der Waals surface area contributed by atoms with Crippen molar-refractivity contribution in [2.75, 3.05) is 47.0 Å². The van der Waals surface area contributed by atoms with Crippen molar-refractivity contribution >= 4 is 17.3 Å². The van der Waals surface area contributed by atoms with Crippen molar-refractivity contribution in [3.8, 4) is 5.75 Å². The van der Waals surface area contributed by atoms with Crippen LogP contribution < -0.4 is 15.4 Å². The Balaban J connectivity index is 1.63. The fraction of sp³-hybridized carbons (Fsp3) is 0.500. The van der Waals surface area contributed by atoms with Crippen molar-refractivity contribution in [2.24, 2.45) is 4.99 Å². The molecule has 1 aliphatic heterocycles. The highest BCUT2D eigenvalue weighted by atomic mass is 32.1. The molecular weight excluding hydrogens is 374 g/mol. The van der Waals surface area contributed by atoms with Gasteiger partial charge in [-0.2, -0.15) is 0 Å². The lowest BCUT2D eigenvalue weighted by Crippen LogP contribution is -2.46. The van der Waals surface area contributed by atoms with Gasteiger partial charge in [0, 0.05) is 37.8 Å². The Bertz CT molecular complexity index is 756. The molecule has 1 atom stereocenters. The third-order valence-corrected chi connectivity index (χ3v) is 5.66. The normalized spacial score (nSPS) is 16.6. The molecule has 1 aromatic heterocycles. The summed E-state index contributed by atoms with van der Waals surface area (Å²) in [5.74, 6) is 1.65. The van der Waals surface area contributed by atoms with Crippen LogP contribution in [0.25, 0.3) is 0 Å². The van der Waals surface area contributed by atoms with E-state index in [0.29, 0.717) is 6.54 Å². The van der Waals surface area contributed by atoms with Gasteiger partial charge in [0.05, 0.1) is 32.9 Å². The van der Waals surface area contributed by atoms with E-state index in [1.54, 1.807) is 25.5 Å². The minimum atomic E-state index is 0.232. The Kier molecular flexibility index (Phi) is 7.64. The molecule has 152 valence electrons. The molecule has 2 N–H and O–H groups in total. The van der Waals surface area contributed by atoms with Crippen molar-refractivity contribution in [1.29, 1.82) is 0 Å². The fourth-order valence-corrected chi connectivity index (χ4v) is 3.96. The van der Waals surface area contributed by atoms with Gasteiger partial charge in [0.25, 0.3) is 0 Å². The van der Waals surface area contributed by atoms with E-state index in [1.165, 1.54) is 10.4 Å². The van der Waals surface area contributed by atoms with Crippen molar-refractivity contribution in [3.63, 3.8) is 0 Å². The molecule has 1 aliphatic rings. The van der Waals surface area contributed by atoms with E-state index in [4.69, 9.17) is 9.47 Å². The molecule has 2 heterocycles. The van der Waals surface area contributed by atoms with Crippen LogP contribution in [0.2, 0.25) is 0 Å². The predicted octanol–water partition coefficient (Wildman–Crippen LogP) is 2.20. The molecule has 7 nitrogen and oxygen atoms in total. The van der Waals surface area contributed by atoms with Crippen molar-refractivity contribution in [3.05, 3.63) is 45.9 Å². The van der Waals surface area contributed by atoms with Crippen LogP contribution in [-0.4, -0.2) is 62.8 Å². The van der Waals surface area contributed by atoms with Gasteiger partial charge in [-0.15, -0.1) is 11.3 Å². The number of benzene rings is 1. The van der Waals surface area contributed by atoms with Crippen LogP contribution in [0.1, 0.15) is 21.5 Å². The minimum absolute atomic E-state index is 0.232. The first-order valence-corrected chi connectivity index (χ1v) is 10.3. The molecule has 0 saturated carbocycles. The summed E-state index contributed by atoms with van der Waals surface area (Å²) in [7, 11) is 3.48. The van der Waals surface area contributed by atoms with E-state index < -0.39 is 0 Å². The van der Waals surface area contributed by atoms with Gasteiger partial charge in [0.1, 0.15) is 10.8 Å². The Morgan fingerprint density at radius 3 is 2.64 bits per heavy atom. The maximum Gasteiger partial charge on any atom is 0.191 e. The molecule has 28 heavy (non-hydrogen) atoms. The van der Waals surface area contributed by atoms with Gasteiger partial charge < -0.3 is 20.1 Å². The topological polar surface area (TPSA) is 71.0 Å². The molecule has 0 bridgehead atoms. The number of morpholine rings is 1. The number of ether oxygens (including phenoxy) is 2. The van der Waals surface area contributed by atoms with E-state index in [1.807, 2.05) is 18.3 Å². The quantitative estimate of drug-likeness (QED) is 0.546. The number of thiazole rings is 1. The van der Waals surface area contributed by atoms with Gasteiger partial charge in [0.15, 0.2) is 5.96 Å². The number of guanidine groups is 1. The monoisotopic (exact) mass is 403 g/mol. The summed E-state index contributed by atoms with van der Waals surface area (Å²) >= 11 is 1.70. The molecule has 1 aromatic carbocycles. The summed E-state index contributed by atoms with van der Waals surface area (Å²) in [6.45, 7) is 6.86. The van der Waals surface area contributed by atoms with E-state index in [-0.39, 0.29) is 6.04 Å². The summed E-state index contributed by atoms with van der Waals surface area (Å²) in [6.07, 6.45) is 1.90.